The molecule has 0 spiro atoms. The van der Waals surface area contributed by atoms with E-state index < -0.39 is 66.1 Å². The van der Waals surface area contributed by atoms with Gasteiger partial charge in [-0.25, -0.2) is 0 Å². The van der Waals surface area contributed by atoms with Gasteiger partial charge in [-0.3, -0.25) is 29.3 Å². The van der Waals surface area contributed by atoms with Gasteiger partial charge in [0.25, 0.3) is 5.69 Å². The second-order valence-corrected chi connectivity index (χ2v) is 7.46. The molecule has 0 bridgehead atoms. The number of carbonyl (C=O) groups is 4. The summed E-state index contributed by atoms with van der Waals surface area (Å²) in [6.45, 7) is 3.89. The Morgan fingerprint density at radius 1 is 0.941 bits per heavy atom. The first kappa shape index (κ1) is 26.8. The van der Waals surface area contributed by atoms with Crippen molar-refractivity contribution in [3.05, 3.63) is 33.3 Å². The first-order valence-electron chi connectivity index (χ1n) is 9.80. The number of esters is 4. The molecule has 1 aromatic rings. The molecule has 13 nitrogen and oxygen atoms in total. The van der Waals surface area contributed by atoms with Crippen molar-refractivity contribution in [1.82, 2.24) is 0 Å². The van der Waals surface area contributed by atoms with Crippen LogP contribution >= 0.6 is 11.6 Å². The summed E-state index contributed by atoms with van der Waals surface area (Å²) in [5.74, 6) is -3.34. The van der Waals surface area contributed by atoms with Gasteiger partial charge in [0.1, 0.15) is 18.5 Å². The highest BCUT2D eigenvalue weighted by molar-refractivity contribution is 6.32. The number of benzene rings is 1. The SMILES string of the molecule is CC(=O)OC[C@H]1O[C@@H](Oc2cc([N+](=O)[O-])ccc2Cl)[C@H](OC(C)=O)[C@@H](OC(C)=O)[C@@H]1OC(C)=O. The molecule has 0 aliphatic carbocycles. The number of ether oxygens (including phenoxy) is 6. The molecule has 1 heterocycles. The third-order valence-corrected chi connectivity index (χ3v) is 4.63. The highest BCUT2D eigenvalue weighted by atomic mass is 35.5. The van der Waals surface area contributed by atoms with Gasteiger partial charge in [-0.15, -0.1) is 0 Å². The van der Waals surface area contributed by atoms with Crippen molar-refractivity contribution in [3.8, 4) is 5.75 Å². The zero-order valence-corrected chi connectivity index (χ0v) is 19.3. The molecular formula is C20H22ClNO12. The van der Waals surface area contributed by atoms with E-state index in [4.69, 9.17) is 40.0 Å². The van der Waals surface area contributed by atoms with E-state index in [-0.39, 0.29) is 16.5 Å². The van der Waals surface area contributed by atoms with Crippen molar-refractivity contribution >= 4 is 41.2 Å². The van der Waals surface area contributed by atoms with Gasteiger partial charge in [0.2, 0.25) is 12.4 Å². The minimum absolute atomic E-state index is 0.0431. The highest BCUT2D eigenvalue weighted by Gasteiger charge is 2.53. The lowest BCUT2D eigenvalue weighted by molar-refractivity contribution is -0.385. The number of non-ortho nitro benzene ring substituents is 1. The van der Waals surface area contributed by atoms with Gasteiger partial charge in [0.15, 0.2) is 12.2 Å². The molecule has 1 fully saturated rings. The van der Waals surface area contributed by atoms with Crippen molar-refractivity contribution in [2.75, 3.05) is 6.61 Å². The summed E-state index contributed by atoms with van der Waals surface area (Å²) in [6, 6.07) is 3.36. The zero-order valence-electron chi connectivity index (χ0n) is 18.6. The van der Waals surface area contributed by atoms with Crippen molar-refractivity contribution in [3.63, 3.8) is 0 Å². The van der Waals surface area contributed by atoms with E-state index in [0.29, 0.717) is 0 Å². The second-order valence-electron chi connectivity index (χ2n) is 7.06. The Balaban J connectivity index is 2.52. The first-order valence-corrected chi connectivity index (χ1v) is 10.2. The Morgan fingerprint density at radius 3 is 2.03 bits per heavy atom. The monoisotopic (exact) mass is 503 g/mol. The zero-order chi connectivity index (χ0) is 25.6. The molecule has 0 aromatic heterocycles. The fourth-order valence-corrected chi connectivity index (χ4v) is 3.27. The van der Waals surface area contributed by atoms with Gasteiger partial charge in [0.05, 0.1) is 16.0 Å². The lowest BCUT2D eigenvalue weighted by atomic mass is 9.98. The van der Waals surface area contributed by atoms with Crippen LogP contribution in [0, 0.1) is 10.1 Å². The molecule has 34 heavy (non-hydrogen) atoms. The van der Waals surface area contributed by atoms with Gasteiger partial charge >= 0.3 is 23.9 Å². The van der Waals surface area contributed by atoms with Gasteiger partial charge in [-0.1, -0.05) is 11.6 Å². The van der Waals surface area contributed by atoms with Crippen molar-refractivity contribution < 1.29 is 52.5 Å². The Kier molecular flexibility index (Phi) is 9.15. The summed E-state index contributed by atoms with van der Waals surface area (Å²) >= 11 is 6.10. The Morgan fingerprint density at radius 2 is 1.50 bits per heavy atom. The van der Waals surface area contributed by atoms with Crippen molar-refractivity contribution in [2.45, 2.75) is 58.4 Å². The Hall–Kier alpha value is -3.45. The fraction of sp³-hybridized carbons (Fsp3) is 0.500. The van der Waals surface area contributed by atoms with Crippen LogP contribution in [0.1, 0.15) is 27.7 Å². The molecule has 5 atom stereocenters. The average molecular weight is 504 g/mol. The fourth-order valence-electron chi connectivity index (χ4n) is 3.10. The molecule has 1 aromatic carbocycles. The van der Waals surface area contributed by atoms with E-state index >= 15 is 0 Å². The lowest BCUT2D eigenvalue weighted by Crippen LogP contribution is -2.63. The molecule has 0 unspecified atom stereocenters. The predicted molar refractivity (Wildman–Crippen MR) is 111 cm³/mol. The van der Waals surface area contributed by atoms with E-state index in [9.17, 15) is 29.3 Å². The normalized spacial score (nSPS) is 23.9. The van der Waals surface area contributed by atoms with Gasteiger partial charge in [-0.05, 0) is 6.07 Å². The van der Waals surface area contributed by atoms with E-state index in [1.165, 1.54) is 6.07 Å². The number of hydrogen-bond donors (Lipinski definition) is 0. The van der Waals surface area contributed by atoms with Crippen LogP contribution in [0.5, 0.6) is 5.75 Å². The number of carbonyl (C=O) groups excluding carboxylic acids is 4. The molecule has 1 aliphatic rings. The van der Waals surface area contributed by atoms with Gasteiger partial charge < -0.3 is 28.4 Å². The lowest BCUT2D eigenvalue weighted by Gasteiger charge is -2.43. The number of nitrogens with zero attached hydrogens (tertiary/aromatic N) is 1. The maximum absolute atomic E-state index is 11.8. The van der Waals surface area contributed by atoms with E-state index in [0.717, 1.165) is 39.8 Å². The quantitative estimate of drug-likeness (QED) is 0.218. The number of rotatable bonds is 8. The van der Waals surface area contributed by atoms with Crippen LogP contribution in [0.3, 0.4) is 0 Å². The minimum Gasteiger partial charge on any atom is -0.463 e. The standard InChI is InChI=1S/C20H22ClNO12/c1-9(23)29-8-16-17(30-10(2)24)18(31-11(3)25)19(32-12(4)26)20(34-16)33-15-7-13(22(27)28)5-6-14(15)21/h5-7,16-20H,8H2,1-4H3/t16-,17-,18+,19-,20-/m1/s1. The third-order valence-electron chi connectivity index (χ3n) is 4.32. The van der Waals surface area contributed by atoms with Gasteiger partial charge in [0, 0.05) is 33.8 Å². The van der Waals surface area contributed by atoms with E-state index in [1.54, 1.807) is 0 Å². The Labute approximate surface area is 198 Å². The van der Waals surface area contributed by atoms with Crippen LogP contribution in [0.4, 0.5) is 5.69 Å². The molecule has 1 aliphatic heterocycles. The first-order chi connectivity index (χ1) is 15.9. The second kappa shape index (κ2) is 11.6. The third kappa shape index (κ3) is 7.28. The molecular weight excluding hydrogens is 482 g/mol. The average Bonchev–Trinajstić information content (AvgIpc) is 2.71. The minimum atomic E-state index is -1.57. The van der Waals surface area contributed by atoms with Crippen LogP contribution in [0.15, 0.2) is 18.2 Å². The summed E-state index contributed by atoms with van der Waals surface area (Å²) < 4.78 is 32.2. The summed E-state index contributed by atoms with van der Waals surface area (Å²) in [6.07, 6.45) is -7.14. The number of hydrogen-bond acceptors (Lipinski definition) is 12. The molecule has 186 valence electrons. The van der Waals surface area contributed by atoms with E-state index in [2.05, 4.69) is 0 Å². The topological polar surface area (TPSA) is 167 Å². The number of nitro benzene ring substituents is 1. The summed E-state index contributed by atoms with van der Waals surface area (Å²) in [4.78, 5) is 57.2. The molecule has 2 rings (SSSR count). The van der Waals surface area contributed by atoms with Crippen LogP contribution in [0.2, 0.25) is 5.02 Å². The number of nitro groups is 1. The summed E-state index contributed by atoms with van der Waals surface area (Å²) in [7, 11) is 0. The molecule has 14 heteroatoms. The molecule has 0 radical (unpaired) electrons. The maximum atomic E-state index is 11.8. The molecule has 0 amide bonds. The van der Waals surface area contributed by atoms with E-state index in [1.807, 2.05) is 0 Å². The van der Waals surface area contributed by atoms with Crippen LogP contribution in [-0.4, -0.2) is 66.1 Å². The predicted octanol–water partition coefficient (Wildman–Crippen LogP) is 1.71. The van der Waals surface area contributed by atoms with Crippen LogP contribution in [0.25, 0.3) is 0 Å². The number of halogens is 1. The van der Waals surface area contributed by atoms with Crippen LogP contribution < -0.4 is 4.74 Å². The van der Waals surface area contributed by atoms with Crippen molar-refractivity contribution in [2.24, 2.45) is 0 Å². The largest absolute Gasteiger partial charge is 0.463 e. The summed E-state index contributed by atoms with van der Waals surface area (Å²) in [5.41, 5.74) is -0.356. The maximum Gasteiger partial charge on any atom is 0.303 e. The smallest absolute Gasteiger partial charge is 0.303 e. The molecule has 1 saturated heterocycles. The van der Waals surface area contributed by atoms with Crippen molar-refractivity contribution in [1.29, 1.82) is 0 Å². The van der Waals surface area contributed by atoms with Crippen LogP contribution in [-0.2, 0) is 42.9 Å². The Bertz CT molecular complexity index is 967. The molecule has 0 saturated carbocycles. The summed E-state index contributed by atoms with van der Waals surface area (Å²) in [5, 5.41) is 11.1. The molecule has 0 N–H and O–H groups in total. The van der Waals surface area contributed by atoms with Gasteiger partial charge in [-0.2, -0.15) is 0 Å². The highest BCUT2D eigenvalue weighted by Crippen LogP contribution is 2.35.